The maximum Gasteiger partial charge on any atom is 0.139 e. The molecule has 0 N–H and O–H groups in total. The molecule has 0 radical (unpaired) electrons. The molecule has 2 nitrogen and oxygen atoms in total. The van der Waals surface area contributed by atoms with Crippen molar-refractivity contribution in [3.05, 3.63) is 28.2 Å². The zero-order valence-electron chi connectivity index (χ0n) is 8.92. The summed E-state index contributed by atoms with van der Waals surface area (Å²) in [7, 11) is 0. The number of hydrogen-bond acceptors (Lipinski definition) is 2. The number of ether oxygens (including phenoxy) is 2. The van der Waals surface area contributed by atoms with E-state index in [1.54, 1.807) is 18.2 Å². The van der Waals surface area contributed by atoms with Crippen molar-refractivity contribution in [1.82, 2.24) is 0 Å². The van der Waals surface area contributed by atoms with Crippen LogP contribution in [0, 0.1) is 0 Å². The Morgan fingerprint density at radius 1 is 1.31 bits per heavy atom. The molecule has 88 valence electrons. The van der Waals surface area contributed by atoms with Crippen molar-refractivity contribution in [2.75, 3.05) is 13.2 Å². The minimum atomic E-state index is 0.184. The van der Waals surface area contributed by atoms with Crippen LogP contribution in [0.1, 0.15) is 19.3 Å². The highest BCUT2D eigenvalue weighted by molar-refractivity contribution is 6.34. The van der Waals surface area contributed by atoms with Crippen LogP contribution in [0.3, 0.4) is 0 Å². The average molecular weight is 261 g/mol. The van der Waals surface area contributed by atoms with Crippen LogP contribution >= 0.6 is 23.2 Å². The topological polar surface area (TPSA) is 18.5 Å². The number of hydrogen-bond donors (Lipinski definition) is 0. The molecule has 1 aromatic rings. The molecule has 1 aliphatic heterocycles. The monoisotopic (exact) mass is 260 g/mol. The van der Waals surface area contributed by atoms with Crippen LogP contribution in [-0.4, -0.2) is 19.3 Å². The van der Waals surface area contributed by atoms with Gasteiger partial charge in [-0.05, 0) is 31.4 Å². The highest BCUT2D eigenvalue weighted by atomic mass is 35.5. The zero-order chi connectivity index (χ0) is 11.4. The highest BCUT2D eigenvalue weighted by Gasteiger charge is 2.15. The summed E-state index contributed by atoms with van der Waals surface area (Å²) < 4.78 is 11.2. The molecular weight excluding hydrogens is 247 g/mol. The molecule has 1 unspecified atom stereocenters. The van der Waals surface area contributed by atoms with Gasteiger partial charge in [0.15, 0.2) is 0 Å². The van der Waals surface area contributed by atoms with Crippen LogP contribution < -0.4 is 4.74 Å². The Morgan fingerprint density at radius 2 is 2.19 bits per heavy atom. The van der Waals surface area contributed by atoms with E-state index in [0.717, 1.165) is 19.4 Å². The molecule has 0 aromatic heterocycles. The van der Waals surface area contributed by atoms with E-state index in [2.05, 4.69) is 0 Å². The molecule has 1 aliphatic rings. The van der Waals surface area contributed by atoms with Gasteiger partial charge in [0, 0.05) is 17.7 Å². The molecule has 0 amide bonds. The van der Waals surface area contributed by atoms with Crippen molar-refractivity contribution in [3.8, 4) is 5.75 Å². The van der Waals surface area contributed by atoms with Crippen molar-refractivity contribution in [1.29, 1.82) is 0 Å². The third kappa shape index (κ3) is 3.27. The highest BCUT2D eigenvalue weighted by Crippen LogP contribution is 2.28. The zero-order valence-corrected chi connectivity index (χ0v) is 10.4. The van der Waals surface area contributed by atoms with Crippen molar-refractivity contribution < 1.29 is 9.47 Å². The predicted molar refractivity (Wildman–Crippen MR) is 65.5 cm³/mol. The molecule has 0 spiro atoms. The molecule has 1 heterocycles. The van der Waals surface area contributed by atoms with Gasteiger partial charge in [-0.25, -0.2) is 0 Å². The van der Waals surface area contributed by atoms with Gasteiger partial charge in [0.05, 0.1) is 11.1 Å². The maximum atomic E-state index is 5.99. The molecular formula is C12H14Cl2O2. The summed E-state index contributed by atoms with van der Waals surface area (Å²) in [5.74, 6) is 0.628. The standard InChI is InChI=1S/C12H14Cl2O2/c13-9-4-5-11(14)12(7-9)16-8-10-3-1-2-6-15-10/h4-5,7,10H,1-3,6,8H2. The van der Waals surface area contributed by atoms with Gasteiger partial charge in [0.1, 0.15) is 12.4 Å². The molecule has 1 fully saturated rings. The molecule has 4 heteroatoms. The van der Waals surface area contributed by atoms with Gasteiger partial charge in [0.2, 0.25) is 0 Å². The molecule has 16 heavy (non-hydrogen) atoms. The Hall–Kier alpha value is -0.440. The lowest BCUT2D eigenvalue weighted by Gasteiger charge is -2.22. The number of halogens is 2. The second-order valence-electron chi connectivity index (χ2n) is 3.87. The first-order chi connectivity index (χ1) is 7.75. The van der Waals surface area contributed by atoms with Crippen molar-refractivity contribution in [2.45, 2.75) is 25.4 Å². The molecule has 2 rings (SSSR count). The fourth-order valence-corrected chi connectivity index (χ4v) is 2.04. The van der Waals surface area contributed by atoms with E-state index < -0.39 is 0 Å². The van der Waals surface area contributed by atoms with E-state index in [4.69, 9.17) is 32.7 Å². The van der Waals surface area contributed by atoms with Crippen LogP contribution in [0.25, 0.3) is 0 Å². The lowest BCUT2D eigenvalue weighted by molar-refractivity contribution is -0.0110. The van der Waals surface area contributed by atoms with Gasteiger partial charge in [-0.15, -0.1) is 0 Å². The maximum absolute atomic E-state index is 5.99. The number of rotatable bonds is 3. The predicted octanol–water partition coefficient (Wildman–Crippen LogP) is 3.94. The van der Waals surface area contributed by atoms with E-state index in [0.29, 0.717) is 22.4 Å². The molecule has 1 aromatic carbocycles. The van der Waals surface area contributed by atoms with Crippen LogP contribution in [-0.2, 0) is 4.74 Å². The Labute approximate surface area is 105 Å². The van der Waals surface area contributed by atoms with Gasteiger partial charge in [-0.2, -0.15) is 0 Å². The van der Waals surface area contributed by atoms with Crippen LogP contribution in [0.5, 0.6) is 5.75 Å². The van der Waals surface area contributed by atoms with Crippen LogP contribution in [0.2, 0.25) is 10.0 Å². The van der Waals surface area contributed by atoms with E-state index in [1.165, 1.54) is 6.42 Å². The Bertz CT molecular complexity index is 349. The van der Waals surface area contributed by atoms with Gasteiger partial charge < -0.3 is 9.47 Å². The van der Waals surface area contributed by atoms with Crippen molar-refractivity contribution in [2.24, 2.45) is 0 Å². The summed E-state index contributed by atoms with van der Waals surface area (Å²) >= 11 is 11.9. The molecule has 0 bridgehead atoms. The molecule has 0 aliphatic carbocycles. The van der Waals surface area contributed by atoms with E-state index in [-0.39, 0.29) is 6.10 Å². The lowest BCUT2D eigenvalue weighted by Crippen LogP contribution is -2.25. The quantitative estimate of drug-likeness (QED) is 0.820. The first-order valence-corrected chi connectivity index (χ1v) is 6.21. The van der Waals surface area contributed by atoms with Gasteiger partial charge in [-0.3, -0.25) is 0 Å². The normalized spacial score (nSPS) is 20.8. The van der Waals surface area contributed by atoms with E-state index >= 15 is 0 Å². The summed E-state index contributed by atoms with van der Waals surface area (Å²) in [6.45, 7) is 1.37. The smallest absolute Gasteiger partial charge is 0.139 e. The minimum Gasteiger partial charge on any atom is -0.489 e. The van der Waals surface area contributed by atoms with Crippen LogP contribution in [0.4, 0.5) is 0 Å². The second kappa shape index (κ2) is 5.76. The largest absolute Gasteiger partial charge is 0.489 e. The first kappa shape index (κ1) is 12.0. The molecule has 1 atom stereocenters. The summed E-state index contributed by atoms with van der Waals surface area (Å²) in [6, 6.07) is 5.21. The second-order valence-corrected chi connectivity index (χ2v) is 4.72. The summed E-state index contributed by atoms with van der Waals surface area (Å²) in [5.41, 5.74) is 0. The average Bonchev–Trinajstić information content (AvgIpc) is 2.32. The fraction of sp³-hybridized carbons (Fsp3) is 0.500. The fourth-order valence-electron chi connectivity index (χ4n) is 1.71. The third-order valence-corrected chi connectivity index (χ3v) is 3.14. The van der Waals surface area contributed by atoms with E-state index in [1.807, 2.05) is 0 Å². The Morgan fingerprint density at radius 3 is 2.94 bits per heavy atom. The Kier molecular flexibility index (Phi) is 4.33. The molecule has 1 saturated heterocycles. The van der Waals surface area contributed by atoms with Crippen LogP contribution in [0.15, 0.2) is 18.2 Å². The number of benzene rings is 1. The van der Waals surface area contributed by atoms with Gasteiger partial charge in [0.25, 0.3) is 0 Å². The third-order valence-electron chi connectivity index (χ3n) is 2.59. The van der Waals surface area contributed by atoms with E-state index in [9.17, 15) is 0 Å². The SMILES string of the molecule is Clc1ccc(Cl)c(OCC2CCCCO2)c1. The minimum absolute atomic E-state index is 0.184. The van der Waals surface area contributed by atoms with Gasteiger partial charge in [-0.1, -0.05) is 23.2 Å². The first-order valence-electron chi connectivity index (χ1n) is 5.45. The van der Waals surface area contributed by atoms with Crippen molar-refractivity contribution >= 4 is 23.2 Å². The summed E-state index contributed by atoms with van der Waals surface area (Å²) in [5, 5.41) is 1.21. The van der Waals surface area contributed by atoms with Crippen molar-refractivity contribution in [3.63, 3.8) is 0 Å². The summed E-state index contributed by atoms with van der Waals surface area (Å²) in [4.78, 5) is 0. The summed E-state index contributed by atoms with van der Waals surface area (Å²) in [6.07, 6.45) is 3.59. The molecule has 0 saturated carbocycles. The Balaban J connectivity index is 1.90. The van der Waals surface area contributed by atoms with Gasteiger partial charge >= 0.3 is 0 Å². The lowest BCUT2D eigenvalue weighted by atomic mass is 10.1.